The molecule has 0 bridgehead atoms. The molecule has 0 amide bonds. The molecule has 2 atom stereocenters. The maximum atomic E-state index is 13.6. The first-order valence-corrected chi connectivity index (χ1v) is 10.9. The van der Waals surface area contributed by atoms with Gasteiger partial charge in [-0.3, -0.25) is 4.79 Å². The Hall–Kier alpha value is -3.29. The van der Waals surface area contributed by atoms with Gasteiger partial charge < -0.3 is 19.9 Å². The highest BCUT2D eigenvalue weighted by molar-refractivity contribution is 5.81. The van der Waals surface area contributed by atoms with Gasteiger partial charge in [0.1, 0.15) is 11.6 Å². The van der Waals surface area contributed by atoms with Crippen LogP contribution in [0.15, 0.2) is 54.6 Å². The lowest BCUT2D eigenvalue weighted by atomic mass is 10.0. The molecule has 0 spiro atoms. The highest BCUT2D eigenvalue weighted by Crippen LogP contribution is 2.35. The summed E-state index contributed by atoms with van der Waals surface area (Å²) in [6.07, 6.45) is 0.429. The van der Waals surface area contributed by atoms with Gasteiger partial charge >= 0.3 is 5.97 Å². The van der Waals surface area contributed by atoms with E-state index in [0.717, 1.165) is 33.9 Å². The third kappa shape index (κ3) is 6.15. The number of hydrogen-bond acceptors (Lipinski definition) is 4. The summed E-state index contributed by atoms with van der Waals surface area (Å²) in [5.41, 5.74) is 4.27. The van der Waals surface area contributed by atoms with Crippen molar-refractivity contribution in [2.24, 2.45) is 0 Å². The van der Waals surface area contributed by atoms with Gasteiger partial charge in [-0.2, -0.15) is 0 Å². The van der Waals surface area contributed by atoms with Crippen molar-refractivity contribution in [2.45, 2.75) is 51.7 Å². The van der Waals surface area contributed by atoms with E-state index >= 15 is 0 Å². The molecule has 7 heteroatoms. The SMILES string of the molecule is Cc1ccc(-c2nc(C(C)C)n(/C=C/C(O)CC(O)CC(=O)O)c2-c2ccc(F)cc2)cc1. The minimum atomic E-state index is -1.16. The number of aliphatic hydroxyl groups is 2. The van der Waals surface area contributed by atoms with Crippen LogP contribution in [0.2, 0.25) is 0 Å². The van der Waals surface area contributed by atoms with Crippen molar-refractivity contribution in [2.75, 3.05) is 0 Å². The Morgan fingerprint density at radius 3 is 2.24 bits per heavy atom. The lowest BCUT2D eigenvalue weighted by molar-refractivity contribution is -0.139. The van der Waals surface area contributed by atoms with Crippen LogP contribution in [0.4, 0.5) is 4.39 Å². The van der Waals surface area contributed by atoms with Crippen LogP contribution in [0.3, 0.4) is 0 Å². The quantitative estimate of drug-likeness (QED) is 0.432. The number of aryl methyl sites for hydroxylation is 1. The largest absolute Gasteiger partial charge is 0.481 e. The molecule has 0 saturated carbocycles. The normalized spacial score (nSPS) is 13.5. The Labute approximate surface area is 192 Å². The second kappa shape index (κ2) is 10.6. The van der Waals surface area contributed by atoms with Crippen molar-refractivity contribution in [3.63, 3.8) is 0 Å². The molecule has 0 fully saturated rings. The monoisotopic (exact) mass is 452 g/mol. The van der Waals surface area contributed by atoms with E-state index in [2.05, 4.69) is 0 Å². The molecule has 0 aliphatic heterocycles. The molecule has 3 aromatic rings. The molecule has 0 aliphatic rings. The molecule has 1 aromatic heterocycles. The molecule has 0 aliphatic carbocycles. The Morgan fingerprint density at radius 1 is 1.06 bits per heavy atom. The van der Waals surface area contributed by atoms with Gasteiger partial charge in [0.25, 0.3) is 0 Å². The van der Waals surface area contributed by atoms with Gasteiger partial charge in [0, 0.05) is 29.7 Å². The van der Waals surface area contributed by atoms with Crippen LogP contribution in [0, 0.1) is 12.7 Å². The minimum absolute atomic E-state index is 0.0443. The average Bonchev–Trinajstić information content (AvgIpc) is 3.12. The Balaban J connectivity index is 2.10. The van der Waals surface area contributed by atoms with E-state index < -0.39 is 24.6 Å². The molecule has 6 nitrogen and oxygen atoms in total. The number of carbonyl (C=O) groups is 1. The van der Waals surface area contributed by atoms with Gasteiger partial charge in [-0.15, -0.1) is 0 Å². The lowest BCUT2D eigenvalue weighted by Gasteiger charge is -2.13. The molecule has 0 saturated heterocycles. The van der Waals surface area contributed by atoms with Gasteiger partial charge in [-0.25, -0.2) is 9.37 Å². The van der Waals surface area contributed by atoms with Crippen LogP contribution in [-0.2, 0) is 4.79 Å². The van der Waals surface area contributed by atoms with E-state index in [0.29, 0.717) is 0 Å². The lowest BCUT2D eigenvalue weighted by Crippen LogP contribution is -2.19. The molecule has 33 heavy (non-hydrogen) atoms. The molecule has 2 unspecified atom stereocenters. The van der Waals surface area contributed by atoms with E-state index in [9.17, 15) is 19.4 Å². The number of imidazole rings is 1. The highest BCUT2D eigenvalue weighted by atomic mass is 19.1. The number of carboxylic acid groups (broad SMARTS) is 1. The van der Waals surface area contributed by atoms with Crippen LogP contribution in [0.25, 0.3) is 28.7 Å². The van der Waals surface area contributed by atoms with Crippen LogP contribution < -0.4 is 0 Å². The summed E-state index contributed by atoms with van der Waals surface area (Å²) in [7, 11) is 0. The summed E-state index contributed by atoms with van der Waals surface area (Å²) in [6.45, 7) is 6.02. The maximum Gasteiger partial charge on any atom is 0.305 e. The number of aromatic nitrogens is 2. The molecule has 174 valence electrons. The molecule has 2 aromatic carbocycles. The van der Waals surface area contributed by atoms with Crippen molar-refractivity contribution in [1.29, 1.82) is 0 Å². The molecular formula is C26H29FN2O4. The summed E-state index contributed by atoms with van der Waals surface area (Å²) in [6, 6.07) is 14.1. The molecular weight excluding hydrogens is 423 g/mol. The standard InChI is InChI=1S/C26H29FN2O4/c1-16(2)26-28-24(18-6-4-17(3)5-7-18)25(19-8-10-20(27)11-9-19)29(26)13-12-21(30)14-22(31)15-23(32)33/h4-13,16,21-22,30-31H,14-15H2,1-3H3,(H,32,33)/b13-12+. The number of benzene rings is 2. The van der Waals surface area contributed by atoms with E-state index in [1.807, 2.05) is 49.6 Å². The predicted molar refractivity (Wildman–Crippen MR) is 126 cm³/mol. The van der Waals surface area contributed by atoms with Gasteiger partial charge in [-0.1, -0.05) is 43.7 Å². The second-order valence-corrected chi connectivity index (χ2v) is 8.46. The molecule has 1 heterocycles. The number of hydrogen-bond donors (Lipinski definition) is 3. The average molecular weight is 453 g/mol. The predicted octanol–water partition coefficient (Wildman–Crippen LogP) is 4.85. The van der Waals surface area contributed by atoms with Crippen molar-refractivity contribution in [1.82, 2.24) is 9.55 Å². The van der Waals surface area contributed by atoms with Crippen LogP contribution in [-0.4, -0.2) is 43.0 Å². The fraction of sp³-hybridized carbons (Fsp3) is 0.308. The van der Waals surface area contributed by atoms with Crippen molar-refractivity contribution < 1.29 is 24.5 Å². The van der Waals surface area contributed by atoms with Crippen molar-refractivity contribution in [3.8, 4) is 22.5 Å². The van der Waals surface area contributed by atoms with Gasteiger partial charge in [0.15, 0.2) is 0 Å². The molecule has 3 rings (SSSR count). The van der Waals surface area contributed by atoms with Crippen molar-refractivity contribution >= 4 is 12.2 Å². The van der Waals surface area contributed by atoms with Crippen LogP contribution in [0.5, 0.6) is 0 Å². The number of halogens is 1. The number of aliphatic carboxylic acids is 1. The summed E-state index contributed by atoms with van der Waals surface area (Å²) >= 11 is 0. The fourth-order valence-electron chi connectivity index (χ4n) is 3.63. The third-order valence-electron chi connectivity index (χ3n) is 5.28. The zero-order valence-electron chi connectivity index (χ0n) is 18.9. The van der Waals surface area contributed by atoms with E-state index in [1.165, 1.54) is 18.2 Å². The van der Waals surface area contributed by atoms with Crippen LogP contribution >= 0.6 is 0 Å². The molecule has 3 N–H and O–H groups in total. The van der Waals surface area contributed by atoms with E-state index in [1.54, 1.807) is 18.3 Å². The van der Waals surface area contributed by atoms with Gasteiger partial charge in [-0.05, 0) is 37.3 Å². The topological polar surface area (TPSA) is 95.6 Å². The molecule has 0 radical (unpaired) electrons. The second-order valence-electron chi connectivity index (χ2n) is 8.46. The Morgan fingerprint density at radius 2 is 1.67 bits per heavy atom. The number of carboxylic acids is 1. The first kappa shape index (κ1) is 24.4. The first-order chi connectivity index (χ1) is 15.7. The summed E-state index contributed by atoms with van der Waals surface area (Å²) in [5.74, 6) is -0.678. The van der Waals surface area contributed by atoms with Crippen LogP contribution in [0.1, 0.15) is 44.0 Å². The first-order valence-electron chi connectivity index (χ1n) is 10.9. The van der Waals surface area contributed by atoms with Crippen molar-refractivity contribution in [3.05, 3.63) is 71.8 Å². The van der Waals surface area contributed by atoms with Gasteiger partial charge in [0.2, 0.25) is 0 Å². The summed E-state index contributed by atoms with van der Waals surface area (Å²) in [4.78, 5) is 15.7. The summed E-state index contributed by atoms with van der Waals surface area (Å²) in [5, 5.41) is 29.0. The van der Waals surface area contributed by atoms with E-state index in [-0.39, 0.29) is 18.2 Å². The number of nitrogens with zero attached hydrogens (tertiary/aromatic N) is 2. The summed E-state index contributed by atoms with van der Waals surface area (Å²) < 4.78 is 15.5. The number of rotatable bonds is 9. The Kier molecular flexibility index (Phi) is 7.79. The maximum absolute atomic E-state index is 13.6. The number of aliphatic hydroxyl groups excluding tert-OH is 2. The Bertz CT molecular complexity index is 1120. The third-order valence-corrected chi connectivity index (χ3v) is 5.28. The zero-order valence-corrected chi connectivity index (χ0v) is 18.9. The smallest absolute Gasteiger partial charge is 0.305 e. The fourth-order valence-corrected chi connectivity index (χ4v) is 3.63. The minimum Gasteiger partial charge on any atom is -0.481 e. The zero-order chi connectivity index (χ0) is 24.1. The highest BCUT2D eigenvalue weighted by Gasteiger charge is 2.21. The van der Waals surface area contributed by atoms with Gasteiger partial charge in [0.05, 0.1) is 30.0 Å². The van der Waals surface area contributed by atoms with E-state index in [4.69, 9.17) is 10.1 Å².